The van der Waals surface area contributed by atoms with Crippen LogP contribution in [0.1, 0.15) is 51.9 Å². The molecule has 1 amide bonds. The summed E-state index contributed by atoms with van der Waals surface area (Å²) in [5, 5.41) is 12.7. The Morgan fingerprint density at radius 1 is 1.18 bits per heavy atom. The largest absolute Gasteiger partial charge is 0.522 e. The molecule has 2 saturated heterocycles. The summed E-state index contributed by atoms with van der Waals surface area (Å²) in [5.41, 5.74) is 3.36. The van der Waals surface area contributed by atoms with Crippen LogP contribution in [0, 0.1) is 0 Å². The molecule has 6 rings (SSSR count). The van der Waals surface area contributed by atoms with E-state index in [4.69, 9.17) is 4.74 Å². The van der Waals surface area contributed by atoms with Crippen LogP contribution in [0.2, 0.25) is 0 Å². The van der Waals surface area contributed by atoms with Gasteiger partial charge in [0, 0.05) is 36.6 Å². The van der Waals surface area contributed by atoms with Gasteiger partial charge in [0.25, 0.3) is 0 Å². The first kappa shape index (κ1) is 23.7. The van der Waals surface area contributed by atoms with Crippen molar-refractivity contribution in [3.05, 3.63) is 0 Å². The standard InChI is InChI=1S/C21H33F4N5O3/c1-12-6-15-18(26-4-5-30(15)29-12)28-20-9-19(10-20,11-20)27-17(31)8-32-13-2-3-16(14(22)7-13)33-21(23,24)25/h12-16,18,26,28-29H,2-11H2,1H3,(H,27,31). The van der Waals surface area contributed by atoms with Gasteiger partial charge in [-0.05, 0) is 45.4 Å². The summed E-state index contributed by atoms with van der Waals surface area (Å²) in [6, 6.07) is 0.885. The summed E-state index contributed by atoms with van der Waals surface area (Å²) >= 11 is 0. The second kappa shape index (κ2) is 8.56. The van der Waals surface area contributed by atoms with E-state index in [1.807, 2.05) is 0 Å². The van der Waals surface area contributed by atoms with Crippen molar-refractivity contribution in [1.29, 1.82) is 0 Å². The van der Waals surface area contributed by atoms with Gasteiger partial charge >= 0.3 is 6.36 Å². The van der Waals surface area contributed by atoms with Gasteiger partial charge in [0.05, 0.1) is 24.4 Å². The zero-order valence-corrected chi connectivity index (χ0v) is 18.7. The molecule has 0 aromatic carbocycles. The molecule has 2 aliphatic heterocycles. The Morgan fingerprint density at radius 3 is 2.64 bits per heavy atom. The number of piperazine rings is 1. The van der Waals surface area contributed by atoms with Crippen LogP contribution in [0.25, 0.3) is 0 Å². The number of alkyl halides is 4. The van der Waals surface area contributed by atoms with Crippen molar-refractivity contribution in [2.45, 2.75) is 106 Å². The number of amides is 1. The van der Waals surface area contributed by atoms with Gasteiger partial charge < -0.3 is 10.1 Å². The van der Waals surface area contributed by atoms with Gasteiger partial charge in [0.15, 0.2) is 0 Å². The van der Waals surface area contributed by atoms with Gasteiger partial charge in [0.2, 0.25) is 5.91 Å². The average molecular weight is 480 g/mol. The topological polar surface area (TPSA) is 86.9 Å². The van der Waals surface area contributed by atoms with Gasteiger partial charge in [-0.1, -0.05) is 0 Å². The molecule has 188 valence electrons. The molecule has 2 bridgehead atoms. The van der Waals surface area contributed by atoms with E-state index in [0.717, 1.165) is 38.8 Å². The van der Waals surface area contributed by atoms with Crippen LogP contribution < -0.4 is 21.4 Å². The number of nitrogens with one attached hydrogen (secondary N) is 4. The Hall–Kier alpha value is -1.05. The summed E-state index contributed by atoms with van der Waals surface area (Å²) < 4.78 is 60.3. The molecule has 12 heteroatoms. The Bertz CT molecular complexity index is 736. The summed E-state index contributed by atoms with van der Waals surface area (Å²) in [5.74, 6) is -0.261. The molecule has 6 unspecified atom stereocenters. The van der Waals surface area contributed by atoms with E-state index >= 15 is 0 Å². The second-order valence-corrected chi connectivity index (χ2v) is 10.6. The van der Waals surface area contributed by atoms with Crippen molar-refractivity contribution in [3.63, 3.8) is 0 Å². The van der Waals surface area contributed by atoms with Crippen LogP contribution in [-0.4, -0.2) is 84.7 Å². The third-order valence-corrected chi connectivity index (χ3v) is 7.78. The fourth-order valence-electron chi connectivity index (χ4n) is 6.53. The summed E-state index contributed by atoms with van der Waals surface area (Å²) in [4.78, 5) is 12.4. The van der Waals surface area contributed by atoms with Gasteiger partial charge in [0.1, 0.15) is 12.8 Å². The van der Waals surface area contributed by atoms with E-state index in [9.17, 15) is 22.4 Å². The molecule has 0 spiro atoms. The summed E-state index contributed by atoms with van der Waals surface area (Å²) in [6.45, 7) is 3.89. The number of rotatable bonds is 7. The highest BCUT2D eigenvalue weighted by molar-refractivity contribution is 5.79. The molecule has 4 N–H and O–H groups in total. The predicted molar refractivity (Wildman–Crippen MR) is 110 cm³/mol. The van der Waals surface area contributed by atoms with Crippen molar-refractivity contribution in [2.24, 2.45) is 0 Å². The van der Waals surface area contributed by atoms with Crippen LogP contribution in [-0.2, 0) is 14.3 Å². The number of hydrogen-bond donors (Lipinski definition) is 4. The highest BCUT2D eigenvalue weighted by atomic mass is 19.4. The molecule has 4 saturated carbocycles. The lowest BCUT2D eigenvalue weighted by Crippen LogP contribution is -2.86. The molecular formula is C21H33F4N5O3. The number of nitrogens with zero attached hydrogens (tertiary/aromatic N) is 1. The highest BCUT2D eigenvalue weighted by Gasteiger charge is 2.69. The third kappa shape index (κ3) is 5.01. The van der Waals surface area contributed by atoms with Gasteiger partial charge in [-0.15, -0.1) is 13.2 Å². The maximum Gasteiger partial charge on any atom is 0.522 e. The fraction of sp³-hybridized carbons (Fsp3) is 0.952. The Balaban J connectivity index is 1.01. The first-order chi connectivity index (χ1) is 15.5. The molecule has 6 aliphatic rings. The van der Waals surface area contributed by atoms with Crippen molar-refractivity contribution in [2.75, 3.05) is 19.7 Å². The van der Waals surface area contributed by atoms with Crippen LogP contribution in [0.4, 0.5) is 17.6 Å². The lowest BCUT2D eigenvalue weighted by atomic mass is 9.44. The van der Waals surface area contributed by atoms with Crippen molar-refractivity contribution < 1.29 is 31.8 Å². The monoisotopic (exact) mass is 479 g/mol. The van der Waals surface area contributed by atoms with Crippen molar-refractivity contribution in [3.8, 4) is 0 Å². The SMILES string of the molecule is CC1CC2C(NC34CC(NC(=O)COC5CCC(OC(F)(F)F)C(F)C5)(C3)C4)NCCN2N1. The lowest BCUT2D eigenvalue weighted by Gasteiger charge is -2.71. The maximum atomic E-state index is 14.0. The minimum absolute atomic E-state index is 0.0545. The molecule has 6 fully saturated rings. The molecule has 0 aromatic rings. The average Bonchev–Trinajstić information content (AvgIpc) is 3.06. The highest BCUT2D eigenvalue weighted by Crippen LogP contribution is 2.60. The van der Waals surface area contributed by atoms with Gasteiger partial charge in [-0.3, -0.25) is 25.6 Å². The predicted octanol–water partition coefficient (Wildman–Crippen LogP) is 1.08. The number of carbonyl (C=O) groups is 1. The number of hydrogen-bond acceptors (Lipinski definition) is 7. The quantitative estimate of drug-likeness (QED) is 0.407. The first-order valence-corrected chi connectivity index (χ1v) is 11.9. The third-order valence-electron chi connectivity index (χ3n) is 7.78. The molecule has 0 aromatic heterocycles. The van der Waals surface area contributed by atoms with Gasteiger partial charge in [-0.2, -0.15) is 0 Å². The Labute approximate surface area is 190 Å². The summed E-state index contributed by atoms with van der Waals surface area (Å²) in [6.07, 6.45) is -4.85. The van der Waals surface area contributed by atoms with E-state index in [0.29, 0.717) is 12.1 Å². The Kier molecular flexibility index (Phi) is 6.14. The molecule has 4 aliphatic carbocycles. The normalized spacial score (nSPS) is 45.1. The zero-order valence-electron chi connectivity index (χ0n) is 18.7. The molecule has 0 radical (unpaired) electrons. The number of hydrazine groups is 1. The number of ether oxygens (including phenoxy) is 2. The van der Waals surface area contributed by atoms with E-state index in [1.54, 1.807) is 0 Å². The number of fused-ring (bicyclic) bond motifs is 1. The van der Waals surface area contributed by atoms with Crippen LogP contribution in [0.5, 0.6) is 0 Å². The van der Waals surface area contributed by atoms with Crippen LogP contribution in [0.3, 0.4) is 0 Å². The molecule has 8 nitrogen and oxygen atoms in total. The minimum atomic E-state index is -4.85. The van der Waals surface area contributed by atoms with E-state index in [-0.39, 0.29) is 49.0 Å². The lowest BCUT2D eigenvalue weighted by molar-refractivity contribution is -0.352. The van der Waals surface area contributed by atoms with Crippen LogP contribution >= 0.6 is 0 Å². The molecule has 6 atom stereocenters. The summed E-state index contributed by atoms with van der Waals surface area (Å²) in [7, 11) is 0. The van der Waals surface area contributed by atoms with Crippen LogP contribution in [0.15, 0.2) is 0 Å². The van der Waals surface area contributed by atoms with E-state index in [1.165, 1.54) is 0 Å². The second-order valence-electron chi connectivity index (χ2n) is 10.6. The van der Waals surface area contributed by atoms with E-state index < -0.39 is 24.7 Å². The van der Waals surface area contributed by atoms with E-state index in [2.05, 4.69) is 38.0 Å². The fourth-order valence-corrected chi connectivity index (χ4v) is 6.53. The van der Waals surface area contributed by atoms with Crippen molar-refractivity contribution >= 4 is 5.91 Å². The smallest absolute Gasteiger partial charge is 0.368 e. The minimum Gasteiger partial charge on any atom is -0.368 e. The molecule has 33 heavy (non-hydrogen) atoms. The van der Waals surface area contributed by atoms with Crippen molar-refractivity contribution in [1.82, 2.24) is 26.4 Å². The Morgan fingerprint density at radius 2 is 1.94 bits per heavy atom. The van der Waals surface area contributed by atoms with Gasteiger partial charge in [-0.25, -0.2) is 9.40 Å². The molecular weight excluding hydrogens is 446 g/mol. The number of halogens is 4. The first-order valence-electron chi connectivity index (χ1n) is 11.9. The zero-order chi connectivity index (χ0) is 23.4. The molecule has 2 heterocycles. The maximum absolute atomic E-state index is 14.0. The number of carbonyl (C=O) groups excluding carboxylic acids is 1.